The highest BCUT2D eigenvalue weighted by Gasteiger charge is 2.05. The number of benzene rings is 1. The first kappa shape index (κ1) is 10.4. The van der Waals surface area contributed by atoms with E-state index in [9.17, 15) is 4.79 Å². The fourth-order valence-corrected chi connectivity index (χ4v) is 1.44. The molecule has 0 saturated carbocycles. The molecule has 0 radical (unpaired) electrons. The van der Waals surface area contributed by atoms with Crippen LogP contribution in [0.3, 0.4) is 0 Å². The molecule has 1 aromatic carbocycles. The number of nitrogens with one attached hydrogen (secondary N) is 1. The molecule has 1 aromatic heterocycles. The molecule has 0 unspecified atom stereocenters. The van der Waals surface area contributed by atoms with Crippen LogP contribution in [-0.2, 0) is 0 Å². The first-order valence-corrected chi connectivity index (χ1v) is 5.00. The molecule has 0 amide bonds. The third kappa shape index (κ3) is 1.95. The molecule has 2 aromatic rings. The Labute approximate surface area is 93.6 Å². The van der Waals surface area contributed by atoms with E-state index in [1.165, 1.54) is 0 Å². The van der Waals surface area contributed by atoms with E-state index < -0.39 is 0 Å². The second kappa shape index (κ2) is 4.18. The zero-order valence-corrected chi connectivity index (χ0v) is 9.27. The van der Waals surface area contributed by atoms with E-state index in [0.29, 0.717) is 11.5 Å². The summed E-state index contributed by atoms with van der Waals surface area (Å²) in [6.07, 6.45) is 1.60. The zero-order valence-electron chi connectivity index (χ0n) is 9.27. The second-order valence-corrected chi connectivity index (χ2v) is 3.71. The summed E-state index contributed by atoms with van der Waals surface area (Å²) in [5.41, 5.74) is 1.35. The lowest BCUT2D eigenvalue weighted by atomic mass is 10.1. The molecule has 1 heterocycles. The molecule has 16 heavy (non-hydrogen) atoms. The summed E-state index contributed by atoms with van der Waals surface area (Å²) in [7, 11) is 3.67. The Kier molecular flexibility index (Phi) is 2.72. The molecular formula is C12H13N3O. The van der Waals surface area contributed by atoms with E-state index >= 15 is 0 Å². The van der Waals surface area contributed by atoms with Crippen LogP contribution >= 0.6 is 0 Å². The molecule has 0 atom stereocenters. The summed E-state index contributed by atoms with van der Waals surface area (Å²) >= 11 is 0. The molecule has 0 aliphatic heterocycles. The molecule has 0 bridgehead atoms. The van der Waals surface area contributed by atoms with Crippen LogP contribution in [0.25, 0.3) is 11.1 Å². The highest BCUT2D eigenvalue weighted by Crippen LogP contribution is 2.13. The van der Waals surface area contributed by atoms with Crippen molar-refractivity contribution < 1.29 is 0 Å². The van der Waals surface area contributed by atoms with Crippen LogP contribution in [0.5, 0.6) is 0 Å². The van der Waals surface area contributed by atoms with Gasteiger partial charge in [0.15, 0.2) is 0 Å². The first-order chi connectivity index (χ1) is 7.68. The highest BCUT2D eigenvalue weighted by atomic mass is 16.1. The maximum absolute atomic E-state index is 11.8. The molecule has 4 nitrogen and oxygen atoms in total. The van der Waals surface area contributed by atoms with Crippen LogP contribution < -0.4 is 10.5 Å². The van der Waals surface area contributed by atoms with Crippen molar-refractivity contribution in [1.82, 2.24) is 9.97 Å². The number of anilines is 1. The minimum absolute atomic E-state index is 0.120. The van der Waals surface area contributed by atoms with Crippen molar-refractivity contribution in [3.05, 3.63) is 46.9 Å². The summed E-state index contributed by atoms with van der Waals surface area (Å²) in [6.45, 7) is 0. The standard InChI is InChI=1S/C12H13N3O/c1-15(2)12-13-8-10(11(16)14-12)9-6-4-3-5-7-9/h3-8H,1-2H3,(H,13,14,16). The summed E-state index contributed by atoms with van der Waals surface area (Å²) < 4.78 is 0. The molecule has 0 saturated heterocycles. The molecule has 4 heteroatoms. The number of H-pyrrole nitrogens is 1. The van der Waals surface area contributed by atoms with Crippen LogP contribution in [0.4, 0.5) is 5.95 Å². The van der Waals surface area contributed by atoms with Crippen molar-refractivity contribution in [2.45, 2.75) is 0 Å². The molecule has 0 fully saturated rings. The van der Waals surface area contributed by atoms with Crippen LogP contribution in [0.2, 0.25) is 0 Å². The average Bonchev–Trinajstić information content (AvgIpc) is 2.30. The van der Waals surface area contributed by atoms with Crippen molar-refractivity contribution in [1.29, 1.82) is 0 Å². The predicted molar refractivity (Wildman–Crippen MR) is 64.6 cm³/mol. The highest BCUT2D eigenvalue weighted by molar-refractivity contribution is 5.61. The van der Waals surface area contributed by atoms with Gasteiger partial charge in [-0.1, -0.05) is 30.3 Å². The number of hydrogen-bond donors (Lipinski definition) is 1. The van der Waals surface area contributed by atoms with Crippen LogP contribution in [-0.4, -0.2) is 24.1 Å². The van der Waals surface area contributed by atoms with Gasteiger partial charge in [0.25, 0.3) is 5.56 Å². The maximum atomic E-state index is 11.8. The first-order valence-electron chi connectivity index (χ1n) is 5.00. The Bertz CT molecular complexity index is 531. The lowest BCUT2D eigenvalue weighted by Gasteiger charge is -2.10. The van der Waals surface area contributed by atoms with E-state index in [-0.39, 0.29) is 5.56 Å². The minimum atomic E-state index is -0.120. The van der Waals surface area contributed by atoms with E-state index in [1.807, 2.05) is 44.4 Å². The number of rotatable bonds is 2. The SMILES string of the molecule is CN(C)c1ncc(-c2ccccc2)c(=O)[nH]1. The van der Waals surface area contributed by atoms with Crippen molar-refractivity contribution in [2.75, 3.05) is 19.0 Å². The maximum Gasteiger partial charge on any atom is 0.260 e. The molecule has 0 aliphatic rings. The monoisotopic (exact) mass is 215 g/mol. The van der Waals surface area contributed by atoms with Crippen molar-refractivity contribution in [3.63, 3.8) is 0 Å². The molecule has 0 spiro atoms. The minimum Gasteiger partial charge on any atom is -0.348 e. The Balaban J connectivity index is 2.49. The number of aromatic amines is 1. The topological polar surface area (TPSA) is 49.0 Å². The normalized spacial score (nSPS) is 10.1. The van der Waals surface area contributed by atoms with Gasteiger partial charge in [0.05, 0.1) is 5.56 Å². The Morgan fingerprint density at radius 3 is 2.44 bits per heavy atom. The predicted octanol–water partition coefficient (Wildman–Crippen LogP) is 1.50. The molecule has 82 valence electrons. The smallest absolute Gasteiger partial charge is 0.260 e. The third-order valence-corrected chi connectivity index (χ3v) is 2.29. The zero-order chi connectivity index (χ0) is 11.5. The van der Waals surface area contributed by atoms with Gasteiger partial charge >= 0.3 is 0 Å². The number of hydrogen-bond acceptors (Lipinski definition) is 3. The quantitative estimate of drug-likeness (QED) is 0.826. The van der Waals surface area contributed by atoms with E-state index in [1.54, 1.807) is 11.1 Å². The Morgan fingerprint density at radius 1 is 1.19 bits per heavy atom. The van der Waals surface area contributed by atoms with E-state index in [0.717, 1.165) is 5.56 Å². The van der Waals surface area contributed by atoms with Gasteiger partial charge in [-0.25, -0.2) is 4.98 Å². The van der Waals surface area contributed by atoms with Gasteiger partial charge in [0.1, 0.15) is 0 Å². The Morgan fingerprint density at radius 2 is 1.88 bits per heavy atom. The van der Waals surface area contributed by atoms with Gasteiger partial charge in [-0.05, 0) is 5.56 Å². The van der Waals surface area contributed by atoms with Gasteiger partial charge in [-0.3, -0.25) is 9.78 Å². The Hall–Kier alpha value is -2.10. The van der Waals surface area contributed by atoms with Gasteiger partial charge < -0.3 is 4.90 Å². The van der Waals surface area contributed by atoms with Crippen LogP contribution in [0.1, 0.15) is 0 Å². The van der Waals surface area contributed by atoms with Gasteiger partial charge in [-0.2, -0.15) is 0 Å². The van der Waals surface area contributed by atoms with Crippen LogP contribution in [0.15, 0.2) is 41.3 Å². The fraction of sp³-hybridized carbons (Fsp3) is 0.167. The lowest BCUT2D eigenvalue weighted by molar-refractivity contribution is 0.983. The van der Waals surface area contributed by atoms with E-state index in [2.05, 4.69) is 9.97 Å². The molecular weight excluding hydrogens is 202 g/mol. The van der Waals surface area contributed by atoms with Crippen molar-refractivity contribution in [2.24, 2.45) is 0 Å². The molecule has 2 rings (SSSR count). The summed E-state index contributed by atoms with van der Waals surface area (Å²) in [5.74, 6) is 0.560. The largest absolute Gasteiger partial charge is 0.348 e. The van der Waals surface area contributed by atoms with Crippen molar-refractivity contribution in [3.8, 4) is 11.1 Å². The summed E-state index contributed by atoms with van der Waals surface area (Å²) in [4.78, 5) is 20.5. The fourth-order valence-electron chi connectivity index (χ4n) is 1.44. The summed E-state index contributed by atoms with van der Waals surface area (Å²) in [6, 6.07) is 9.49. The number of aromatic nitrogens is 2. The van der Waals surface area contributed by atoms with Crippen LogP contribution in [0, 0.1) is 0 Å². The van der Waals surface area contributed by atoms with Gasteiger partial charge in [-0.15, -0.1) is 0 Å². The van der Waals surface area contributed by atoms with Gasteiger partial charge in [0, 0.05) is 20.3 Å². The van der Waals surface area contributed by atoms with Gasteiger partial charge in [0.2, 0.25) is 5.95 Å². The average molecular weight is 215 g/mol. The molecule has 1 N–H and O–H groups in total. The van der Waals surface area contributed by atoms with Crippen molar-refractivity contribution >= 4 is 5.95 Å². The third-order valence-electron chi connectivity index (χ3n) is 2.29. The number of nitrogens with zero attached hydrogens (tertiary/aromatic N) is 2. The summed E-state index contributed by atoms with van der Waals surface area (Å²) in [5, 5.41) is 0. The lowest BCUT2D eigenvalue weighted by Crippen LogP contribution is -2.19. The van der Waals surface area contributed by atoms with E-state index in [4.69, 9.17) is 0 Å². The molecule has 0 aliphatic carbocycles. The second-order valence-electron chi connectivity index (χ2n) is 3.71.